The summed E-state index contributed by atoms with van der Waals surface area (Å²) in [6, 6.07) is 17.2. The number of nitrogens with zero attached hydrogens (tertiary/aromatic N) is 1. The number of amides is 1. The molecule has 0 bridgehead atoms. The average Bonchev–Trinajstić information content (AvgIpc) is 2.73. The summed E-state index contributed by atoms with van der Waals surface area (Å²) >= 11 is 0. The fourth-order valence-electron chi connectivity index (χ4n) is 3.41. The number of aromatic nitrogens is 2. The van der Waals surface area contributed by atoms with E-state index >= 15 is 0 Å². The van der Waals surface area contributed by atoms with Crippen LogP contribution in [0.4, 0.5) is 5.69 Å². The second-order valence-corrected chi connectivity index (χ2v) is 8.32. The van der Waals surface area contributed by atoms with Gasteiger partial charge in [-0.05, 0) is 34.6 Å². The Bertz CT molecular complexity index is 1280. The van der Waals surface area contributed by atoms with Gasteiger partial charge in [0.05, 0.1) is 0 Å². The third-order valence-electron chi connectivity index (χ3n) is 5.14. The molecule has 1 amide bonds. The number of benzene rings is 2. The van der Waals surface area contributed by atoms with Gasteiger partial charge in [0.1, 0.15) is 5.56 Å². The molecule has 5 nitrogen and oxygen atoms in total. The van der Waals surface area contributed by atoms with E-state index < -0.39 is 11.5 Å². The fraction of sp³-hybridized carbons (Fsp3) is 0.160. The van der Waals surface area contributed by atoms with Crippen molar-refractivity contribution in [1.29, 1.82) is 0 Å². The van der Waals surface area contributed by atoms with Crippen molar-refractivity contribution in [2.24, 2.45) is 0 Å². The van der Waals surface area contributed by atoms with Crippen LogP contribution in [-0.4, -0.2) is 15.9 Å². The van der Waals surface area contributed by atoms with E-state index in [-0.39, 0.29) is 11.0 Å². The summed E-state index contributed by atoms with van der Waals surface area (Å²) in [5.74, 6) is -0.449. The second-order valence-electron chi connectivity index (χ2n) is 8.32. The SMILES string of the molecule is CC(C)(C)c1ccc(NC(=O)c2cc(-c3cncc4ccccc34)c[nH]c2=O)cc1. The van der Waals surface area contributed by atoms with Gasteiger partial charge in [-0.1, -0.05) is 57.2 Å². The van der Waals surface area contributed by atoms with Crippen molar-refractivity contribution in [3.05, 3.63) is 94.7 Å². The van der Waals surface area contributed by atoms with Crippen molar-refractivity contribution in [1.82, 2.24) is 9.97 Å². The molecule has 0 fully saturated rings. The van der Waals surface area contributed by atoms with E-state index in [0.29, 0.717) is 5.69 Å². The summed E-state index contributed by atoms with van der Waals surface area (Å²) in [6.45, 7) is 6.40. The maximum atomic E-state index is 12.8. The van der Waals surface area contributed by atoms with Crippen molar-refractivity contribution in [3.8, 4) is 11.1 Å². The number of fused-ring (bicyclic) bond motifs is 1. The Morgan fingerprint density at radius 1 is 1.00 bits per heavy atom. The molecule has 4 rings (SSSR count). The van der Waals surface area contributed by atoms with Gasteiger partial charge in [0.25, 0.3) is 11.5 Å². The van der Waals surface area contributed by atoms with E-state index in [1.165, 1.54) is 5.56 Å². The molecule has 0 aliphatic rings. The Morgan fingerprint density at radius 3 is 2.47 bits per heavy atom. The van der Waals surface area contributed by atoms with E-state index in [0.717, 1.165) is 21.9 Å². The lowest BCUT2D eigenvalue weighted by Crippen LogP contribution is -2.23. The second kappa shape index (κ2) is 7.59. The van der Waals surface area contributed by atoms with Crippen LogP contribution in [0.2, 0.25) is 0 Å². The first-order valence-corrected chi connectivity index (χ1v) is 9.81. The largest absolute Gasteiger partial charge is 0.328 e. The van der Waals surface area contributed by atoms with Crippen LogP contribution >= 0.6 is 0 Å². The molecule has 2 aromatic heterocycles. The molecule has 2 heterocycles. The zero-order valence-electron chi connectivity index (χ0n) is 17.2. The molecule has 5 heteroatoms. The van der Waals surface area contributed by atoms with Crippen LogP contribution in [0.15, 0.2) is 78.0 Å². The number of rotatable bonds is 3. The van der Waals surface area contributed by atoms with Crippen molar-refractivity contribution < 1.29 is 4.79 Å². The number of hydrogen-bond acceptors (Lipinski definition) is 3. The summed E-state index contributed by atoms with van der Waals surface area (Å²) in [7, 11) is 0. The Hall–Kier alpha value is -3.73. The molecule has 0 aliphatic carbocycles. The molecule has 2 aromatic carbocycles. The van der Waals surface area contributed by atoms with E-state index in [4.69, 9.17) is 0 Å². The minimum atomic E-state index is -0.449. The van der Waals surface area contributed by atoms with Crippen molar-refractivity contribution >= 4 is 22.4 Å². The van der Waals surface area contributed by atoms with E-state index in [9.17, 15) is 9.59 Å². The van der Waals surface area contributed by atoms with Crippen LogP contribution in [-0.2, 0) is 5.41 Å². The smallest absolute Gasteiger partial charge is 0.261 e. The van der Waals surface area contributed by atoms with Crippen molar-refractivity contribution in [3.63, 3.8) is 0 Å². The Labute approximate surface area is 174 Å². The molecule has 0 saturated heterocycles. The first-order valence-electron chi connectivity index (χ1n) is 9.81. The molecule has 0 aliphatic heterocycles. The number of carbonyl (C=O) groups excluding carboxylic acids is 1. The molecule has 150 valence electrons. The number of carbonyl (C=O) groups is 1. The monoisotopic (exact) mass is 397 g/mol. The zero-order valence-corrected chi connectivity index (χ0v) is 17.2. The molecule has 0 radical (unpaired) electrons. The van der Waals surface area contributed by atoms with E-state index in [1.807, 2.05) is 48.5 Å². The average molecular weight is 397 g/mol. The van der Waals surface area contributed by atoms with Crippen molar-refractivity contribution in [2.45, 2.75) is 26.2 Å². The lowest BCUT2D eigenvalue weighted by molar-refractivity contribution is 0.102. The van der Waals surface area contributed by atoms with Crippen molar-refractivity contribution in [2.75, 3.05) is 5.32 Å². The maximum absolute atomic E-state index is 12.8. The van der Waals surface area contributed by atoms with Gasteiger partial charge in [0, 0.05) is 40.8 Å². The van der Waals surface area contributed by atoms with Gasteiger partial charge in [0.15, 0.2) is 0 Å². The number of aromatic amines is 1. The summed E-state index contributed by atoms with van der Waals surface area (Å²) < 4.78 is 0. The standard InChI is InChI=1S/C25H23N3O2/c1-25(2,3)18-8-10-19(11-9-18)28-24(30)21-12-17(14-27-23(21)29)22-15-26-13-16-6-4-5-7-20(16)22/h4-15H,1-3H3,(H,27,29)(H,28,30). The molecule has 0 unspecified atom stereocenters. The molecular formula is C25H23N3O2. The van der Waals surface area contributed by atoms with Gasteiger partial charge in [0.2, 0.25) is 0 Å². The topological polar surface area (TPSA) is 74.8 Å². The molecule has 2 N–H and O–H groups in total. The number of anilines is 1. The zero-order chi connectivity index (χ0) is 21.3. The quantitative estimate of drug-likeness (QED) is 0.503. The predicted molar refractivity (Wildman–Crippen MR) is 121 cm³/mol. The van der Waals surface area contributed by atoms with Crippen LogP contribution in [0.3, 0.4) is 0 Å². The minimum absolute atomic E-state index is 0.0283. The van der Waals surface area contributed by atoms with Gasteiger partial charge in [-0.25, -0.2) is 0 Å². The Morgan fingerprint density at radius 2 is 1.73 bits per heavy atom. The number of pyridine rings is 2. The van der Waals surface area contributed by atoms with Crippen LogP contribution < -0.4 is 10.9 Å². The molecule has 4 aromatic rings. The van der Waals surface area contributed by atoms with E-state index in [1.54, 1.807) is 24.7 Å². The number of nitrogens with one attached hydrogen (secondary N) is 2. The van der Waals surface area contributed by atoms with Gasteiger partial charge in [-0.15, -0.1) is 0 Å². The van der Waals surface area contributed by atoms with E-state index in [2.05, 4.69) is 36.1 Å². The lowest BCUT2D eigenvalue weighted by Gasteiger charge is -2.19. The normalized spacial score (nSPS) is 11.4. The summed E-state index contributed by atoms with van der Waals surface area (Å²) in [5.41, 5.74) is 3.05. The maximum Gasteiger partial charge on any atom is 0.261 e. The van der Waals surface area contributed by atoms with Gasteiger partial charge >= 0.3 is 0 Å². The molecule has 0 spiro atoms. The molecule has 30 heavy (non-hydrogen) atoms. The highest BCUT2D eigenvalue weighted by Crippen LogP contribution is 2.27. The Balaban J connectivity index is 1.66. The lowest BCUT2D eigenvalue weighted by atomic mass is 9.87. The number of hydrogen-bond donors (Lipinski definition) is 2. The first kappa shape index (κ1) is 19.6. The third-order valence-corrected chi connectivity index (χ3v) is 5.14. The first-order chi connectivity index (χ1) is 14.3. The van der Waals surface area contributed by atoms with Crippen LogP contribution in [0.5, 0.6) is 0 Å². The van der Waals surface area contributed by atoms with Gasteiger partial charge in [-0.2, -0.15) is 0 Å². The van der Waals surface area contributed by atoms with Crippen LogP contribution in [0, 0.1) is 0 Å². The molecule has 0 atom stereocenters. The molecular weight excluding hydrogens is 374 g/mol. The minimum Gasteiger partial charge on any atom is -0.328 e. The van der Waals surface area contributed by atoms with Crippen LogP contribution in [0.1, 0.15) is 36.7 Å². The highest BCUT2D eigenvalue weighted by atomic mass is 16.2. The molecule has 0 saturated carbocycles. The van der Waals surface area contributed by atoms with Crippen LogP contribution in [0.25, 0.3) is 21.9 Å². The van der Waals surface area contributed by atoms with Gasteiger partial charge in [-0.3, -0.25) is 14.6 Å². The highest BCUT2D eigenvalue weighted by Gasteiger charge is 2.16. The number of H-pyrrole nitrogens is 1. The highest BCUT2D eigenvalue weighted by molar-refractivity contribution is 6.05. The summed E-state index contributed by atoms with van der Waals surface area (Å²) in [6.07, 6.45) is 5.14. The Kier molecular flexibility index (Phi) is 4.96. The fourth-order valence-corrected chi connectivity index (χ4v) is 3.41. The third kappa shape index (κ3) is 3.87. The summed E-state index contributed by atoms with van der Waals surface area (Å²) in [5, 5.41) is 4.81. The predicted octanol–water partition coefficient (Wildman–Crippen LogP) is 5.14. The van der Waals surface area contributed by atoms with Gasteiger partial charge < -0.3 is 10.3 Å². The summed E-state index contributed by atoms with van der Waals surface area (Å²) in [4.78, 5) is 32.1.